The number of aryl methyl sites for hydroxylation is 3. The van der Waals surface area contributed by atoms with Gasteiger partial charge in [0, 0.05) is 40.5 Å². The van der Waals surface area contributed by atoms with E-state index in [9.17, 15) is 4.79 Å². The Labute approximate surface area is 195 Å². The number of aromatic nitrogens is 3. The predicted octanol–water partition coefficient (Wildman–Crippen LogP) is 5.03. The number of H-pyrrole nitrogens is 1. The lowest BCUT2D eigenvalue weighted by atomic mass is 9.98. The van der Waals surface area contributed by atoms with Crippen molar-refractivity contribution in [1.29, 1.82) is 0 Å². The van der Waals surface area contributed by atoms with Crippen molar-refractivity contribution in [3.8, 4) is 22.6 Å². The zero-order valence-corrected chi connectivity index (χ0v) is 19.3. The Morgan fingerprint density at radius 1 is 1.06 bits per heavy atom. The maximum absolute atomic E-state index is 13.0. The van der Waals surface area contributed by atoms with Crippen LogP contribution in [0.15, 0.2) is 45.5 Å². The highest BCUT2D eigenvalue weighted by molar-refractivity contribution is 6.14. The van der Waals surface area contributed by atoms with Gasteiger partial charge in [0.1, 0.15) is 11.5 Å². The van der Waals surface area contributed by atoms with Gasteiger partial charge in [-0.15, -0.1) is 0 Å². The highest BCUT2D eigenvalue weighted by atomic mass is 16.5. The molecule has 34 heavy (non-hydrogen) atoms. The van der Waals surface area contributed by atoms with Crippen molar-refractivity contribution in [3.63, 3.8) is 0 Å². The number of benzene rings is 2. The fourth-order valence-electron chi connectivity index (χ4n) is 4.78. The van der Waals surface area contributed by atoms with Gasteiger partial charge in [0.25, 0.3) is 5.91 Å². The second-order valence-electron chi connectivity index (χ2n) is 8.71. The molecular weight excluding hydrogens is 432 g/mol. The maximum atomic E-state index is 13.0. The Balaban J connectivity index is 1.56. The van der Waals surface area contributed by atoms with Crippen LogP contribution in [0.2, 0.25) is 0 Å². The monoisotopic (exact) mass is 456 g/mol. The third kappa shape index (κ3) is 3.30. The van der Waals surface area contributed by atoms with Crippen LogP contribution in [0.3, 0.4) is 0 Å². The summed E-state index contributed by atoms with van der Waals surface area (Å²) in [4.78, 5) is 22.9. The van der Waals surface area contributed by atoms with E-state index in [-0.39, 0.29) is 5.91 Å². The molecule has 1 amide bonds. The first-order valence-electron chi connectivity index (χ1n) is 11.3. The van der Waals surface area contributed by atoms with Crippen molar-refractivity contribution < 1.29 is 18.5 Å². The minimum Gasteiger partial charge on any atom is -0.441 e. The molecule has 2 aromatic carbocycles. The lowest BCUT2D eigenvalue weighted by Gasteiger charge is -2.26. The van der Waals surface area contributed by atoms with Crippen molar-refractivity contribution in [2.75, 3.05) is 26.3 Å². The molecule has 8 nitrogen and oxygen atoms in total. The molecule has 0 unspecified atom stereocenters. The molecule has 0 radical (unpaired) electrons. The number of fused-ring (bicyclic) bond motifs is 3. The molecule has 0 bridgehead atoms. The van der Waals surface area contributed by atoms with Crippen LogP contribution in [-0.2, 0) is 4.74 Å². The van der Waals surface area contributed by atoms with Crippen LogP contribution < -0.4 is 0 Å². The van der Waals surface area contributed by atoms with Gasteiger partial charge in [-0.1, -0.05) is 11.2 Å². The highest BCUT2D eigenvalue weighted by Gasteiger charge is 2.22. The number of hydrogen-bond donors (Lipinski definition) is 1. The van der Waals surface area contributed by atoms with E-state index in [0.29, 0.717) is 37.8 Å². The van der Waals surface area contributed by atoms with E-state index in [2.05, 4.69) is 27.3 Å². The Bertz CT molecular complexity index is 1530. The largest absolute Gasteiger partial charge is 0.441 e. The van der Waals surface area contributed by atoms with Crippen molar-refractivity contribution in [2.24, 2.45) is 0 Å². The van der Waals surface area contributed by atoms with Crippen molar-refractivity contribution in [1.82, 2.24) is 20.0 Å². The molecule has 0 spiro atoms. The van der Waals surface area contributed by atoms with E-state index in [1.54, 1.807) is 6.20 Å². The van der Waals surface area contributed by atoms with Gasteiger partial charge in [-0.2, -0.15) is 0 Å². The molecule has 5 aromatic rings. The second-order valence-corrected chi connectivity index (χ2v) is 8.71. The summed E-state index contributed by atoms with van der Waals surface area (Å²) in [5, 5.41) is 6.17. The summed E-state index contributed by atoms with van der Waals surface area (Å²) in [7, 11) is 0. The van der Waals surface area contributed by atoms with Crippen LogP contribution in [0.25, 0.3) is 44.4 Å². The normalized spacial score (nSPS) is 14.4. The average Bonchev–Trinajstić information content (AvgIpc) is 3.54. The van der Waals surface area contributed by atoms with Gasteiger partial charge in [0.15, 0.2) is 0 Å². The summed E-state index contributed by atoms with van der Waals surface area (Å²) < 4.78 is 16.7. The molecule has 0 atom stereocenters. The Morgan fingerprint density at radius 2 is 1.88 bits per heavy atom. The molecule has 172 valence electrons. The van der Waals surface area contributed by atoms with E-state index in [1.807, 2.05) is 43.9 Å². The number of hydrogen-bond acceptors (Lipinski definition) is 6. The van der Waals surface area contributed by atoms with Crippen LogP contribution in [0.1, 0.15) is 27.6 Å². The fourth-order valence-corrected chi connectivity index (χ4v) is 4.78. The number of carbonyl (C=O) groups excluding carboxylic acids is 1. The maximum Gasteiger partial charge on any atom is 0.254 e. The smallest absolute Gasteiger partial charge is 0.254 e. The molecule has 1 aliphatic heterocycles. The van der Waals surface area contributed by atoms with Crippen LogP contribution in [0, 0.1) is 20.8 Å². The number of aromatic amines is 1. The zero-order chi connectivity index (χ0) is 23.4. The lowest BCUT2D eigenvalue weighted by molar-refractivity contribution is 0.0303. The third-order valence-corrected chi connectivity index (χ3v) is 6.43. The van der Waals surface area contributed by atoms with Crippen molar-refractivity contribution in [2.45, 2.75) is 20.8 Å². The molecule has 1 fully saturated rings. The summed E-state index contributed by atoms with van der Waals surface area (Å²) in [6, 6.07) is 10.0. The number of morpholine rings is 1. The van der Waals surface area contributed by atoms with E-state index in [4.69, 9.17) is 13.7 Å². The quantitative estimate of drug-likeness (QED) is 0.409. The van der Waals surface area contributed by atoms with Gasteiger partial charge in [0.05, 0.1) is 36.2 Å². The van der Waals surface area contributed by atoms with E-state index in [1.165, 1.54) is 0 Å². The Kier molecular flexibility index (Phi) is 4.77. The predicted molar refractivity (Wildman–Crippen MR) is 128 cm³/mol. The van der Waals surface area contributed by atoms with E-state index >= 15 is 0 Å². The first-order chi connectivity index (χ1) is 16.5. The summed E-state index contributed by atoms with van der Waals surface area (Å²) in [6.45, 7) is 8.08. The lowest BCUT2D eigenvalue weighted by Crippen LogP contribution is -2.40. The molecule has 0 aliphatic carbocycles. The number of carbonyl (C=O) groups is 1. The minimum atomic E-state index is 0.0174. The summed E-state index contributed by atoms with van der Waals surface area (Å²) in [6.07, 6.45) is 1.71. The fraction of sp³-hybridized carbons (Fsp3) is 0.269. The van der Waals surface area contributed by atoms with Crippen molar-refractivity contribution in [3.05, 3.63) is 59.3 Å². The zero-order valence-electron chi connectivity index (χ0n) is 19.3. The number of rotatable bonds is 3. The first-order valence-corrected chi connectivity index (χ1v) is 11.3. The van der Waals surface area contributed by atoms with E-state index < -0.39 is 0 Å². The highest BCUT2D eigenvalue weighted by Crippen LogP contribution is 2.39. The number of nitrogens with one attached hydrogen (secondary N) is 1. The topological polar surface area (TPSA) is 97.4 Å². The SMILES string of the molecule is Cc1cnc(-c2cc(-c3c(C)noc3C)cc3c2[nH]c2cc(C(=O)N4CCOCC4)ccc23)o1. The third-order valence-electron chi connectivity index (χ3n) is 6.43. The second kappa shape index (κ2) is 7.85. The van der Waals surface area contributed by atoms with Gasteiger partial charge < -0.3 is 23.6 Å². The van der Waals surface area contributed by atoms with Crippen LogP contribution >= 0.6 is 0 Å². The molecule has 4 heterocycles. The Hall–Kier alpha value is -3.91. The van der Waals surface area contributed by atoms with Gasteiger partial charge in [-0.05, 0) is 50.6 Å². The van der Waals surface area contributed by atoms with Crippen LogP contribution in [0.5, 0.6) is 0 Å². The molecule has 1 saturated heterocycles. The average molecular weight is 457 g/mol. The van der Waals surface area contributed by atoms with Crippen LogP contribution in [0.4, 0.5) is 0 Å². The van der Waals surface area contributed by atoms with Crippen molar-refractivity contribution >= 4 is 27.7 Å². The van der Waals surface area contributed by atoms with Gasteiger partial charge in [-0.3, -0.25) is 4.79 Å². The number of oxazole rings is 1. The summed E-state index contributed by atoms with van der Waals surface area (Å²) >= 11 is 0. The molecule has 3 aromatic heterocycles. The number of ether oxygens (including phenoxy) is 1. The first kappa shape index (κ1) is 20.7. The summed E-state index contributed by atoms with van der Waals surface area (Å²) in [5.41, 5.74) is 6.05. The summed E-state index contributed by atoms with van der Waals surface area (Å²) in [5.74, 6) is 2.04. The minimum absolute atomic E-state index is 0.0174. The Morgan fingerprint density at radius 3 is 2.59 bits per heavy atom. The molecule has 0 saturated carbocycles. The molecule has 8 heteroatoms. The molecule has 6 rings (SSSR count). The van der Waals surface area contributed by atoms with Gasteiger partial charge >= 0.3 is 0 Å². The van der Waals surface area contributed by atoms with Gasteiger partial charge in [-0.25, -0.2) is 4.98 Å². The molecule has 1 N–H and O–H groups in total. The van der Waals surface area contributed by atoms with Gasteiger partial charge in [0.2, 0.25) is 5.89 Å². The molecule has 1 aliphatic rings. The number of nitrogens with zero attached hydrogens (tertiary/aromatic N) is 3. The van der Waals surface area contributed by atoms with Crippen LogP contribution in [-0.4, -0.2) is 52.2 Å². The number of amides is 1. The van der Waals surface area contributed by atoms with E-state index in [0.717, 1.165) is 55.7 Å². The molecular formula is C26H24N4O4. The standard InChI is InChI=1S/C26H24N4O4/c1-14-13-27-25(33-14)21-11-18(23-15(2)29-34-16(23)3)10-20-19-5-4-17(12-22(19)28-24(20)21)26(31)30-6-8-32-9-7-30/h4-5,10-13,28H,6-9H2,1-3H3.